The summed E-state index contributed by atoms with van der Waals surface area (Å²) in [7, 11) is 0. The fourth-order valence-corrected chi connectivity index (χ4v) is 4.40. The van der Waals surface area contributed by atoms with E-state index in [0.717, 1.165) is 49.6 Å². The Morgan fingerprint density at radius 1 is 1.13 bits per heavy atom. The summed E-state index contributed by atoms with van der Waals surface area (Å²) in [6, 6.07) is 20.4. The summed E-state index contributed by atoms with van der Waals surface area (Å²) in [4.78, 5) is 19.5. The van der Waals surface area contributed by atoms with Crippen LogP contribution >= 0.6 is 11.8 Å². The van der Waals surface area contributed by atoms with Gasteiger partial charge in [-0.05, 0) is 24.9 Å². The predicted molar refractivity (Wildman–Crippen MR) is 120 cm³/mol. The van der Waals surface area contributed by atoms with Gasteiger partial charge in [0.1, 0.15) is 0 Å². The van der Waals surface area contributed by atoms with Crippen molar-refractivity contribution in [1.82, 2.24) is 25.4 Å². The average Bonchev–Trinajstić information content (AvgIpc) is 3.27. The third-order valence-corrected chi connectivity index (χ3v) is 6.12. The highest BCUT2D eigenvalue weighted by Gasteiger charge is 2.25. The quantitative estimate of drug-likeness (QED) is 0.429. The summed E-state index contributed by atoms with van der Waals surface area (Å²) in [5.41, 5.74) is 2.32. The van der Waals surface area contributed by atoms with Gasteiger partial charge >= 0.3 is 0 Å². The summed E-state index contributed by atoms with van der Waals surface area (Å²) in [5.74, 6) is 1.75. The third kappa shape index (κ3) is 5.70. The molecule has 0 aliphatic carbocycles. The third-order valence-electron chi connectivity index (χ3n) is 5.27. The molecule has 0 spiro atoms. The normalized spacial score (nSPS) is 17.0. The Morgan fingerprint density at radius 2 is 1.90 bits per heavy atom. The molecule has 30 heavy (non-hydrogen) atoms. The van der Waals surface area contributed by atoms with Crippen LogP contribution in [0.4, 0.5) is 0 Å². The summed E-state index contributed by atoms with van der Waals surface area (Å²) in [6.07, 6.45) is 2.03. The molecule has 0 radical (unpaired) electrons. The van der Waals surface area contributed by atoms with Crippen molar-refractivity contribution in [2.75, 3.05) is 25.4 Å². The first-order chi connectivity index (χ1) is 14.8. The number of benzene rings is 2. The van der Waals surface area contributed by atoms with E-state index in [2.05, 4.69) is 49.7 Å². The van der Waals surface area contributed by atoms with Gasteiger partial charge in [0, 0.05) is 31.0 Å². The molecule has 1 aliphatic heterocycles. The molecule has 1 amide bonds. The molecule has 1 aromatic heterocycles. The second-order valence-electron chi connectivity index (χ2n) is 7.53. The van der Waals surface area contributed by atoms with Crippen molar-refractivity contribution in [3.8, 4) is 11.4 Å². The highest BCUT2D eigenvalue weighted by Crippen LogP contribution is 2.20. The Morgan fingerprint density at radius 3 is 2.70 bits per heavy atom. The van der Waals surface area contributed by atoms with Crippen molar-refractivity contribution in [1.29, 1.82) is 0 Å². The van der Waals surface area contributed by atoms with Gasteiger partial charge in [-0.3, -0.25) is 14.8 Å². The molecule has 2 aromatic carbocycles. The number of thioether (sulfide) groups is 1. The van der Waals surface area contributed by atoms with E-state index in [-0.39, 0.29) is 11.8 Å². The van der Waals surface area contributed by atoms with Crippen LogP contribution in [0, 0.1) is 5.92 Å². The van der Waals surface area contributed by atoms with E-state index in [1.54, 1.807) is 11.8 Å². The Kier molecular flexibility index (Phi) is 7.16. The van der Waals surface area contributed by atoms with E-state index in [1.165, 1.54) is 5.56 Å². The van der Waals surface area contributed by atoms with Crippen LogP contribution in [-0.2, 0) is 11.3 Å². The zero-order valence-corrected chi connectivity index (χ0v) is 17.8. The molecule has 0 bridgehead atoms. The van der Waals surface area contributed by atoms with Gasteiger partial charge < -0.3 is 5.32 Å². The van der Waals surface area contributed by atoms with Crippen molar-refractivity contribution in [3.63, 3.8) is 0 Å². The monoisotopic (exact) mass is 421 g/mol. The number of amides is 1. The largest absolute Gasteiger partial charge is 0.355 e. The number of piperidine rings is 1. The van der Waals surface area contributed by atoms with Gasteiger partial charge in [-0.2, -0.15) is 0 Å². The molecule has 1 aliphatic rings. The zero-order chi connectivity index (χ0) is 20.6. The van der Waals surface area contributed by atoms with Crippen LogP contribution in [0.2, 0.25) is 0 Å². The van der Waals surface area contributed by atoms with Crippen LogP contribution in [0.1, 0.15) is 18.4 Å². The molecule has 3 aromatic rings. The minimum absolute atomic E-state index is 0.0701. The Balaban J connectivity index is 1.19. The van der Waals surface area contributed by atoms with Crippen molar-refractivity contribution >= 4 is 17.7 Å². The summed E-state index contributed by atoms with van der Waals surface area (Å²) >= 11 is 1.55. The number of rotatable bonds is 8. The molecule has 7 heteroatoms. The lowest BCUT2D eigenvalue weighted by molar-refractivity contribution is -0.126. The molecule has 1 atom stereocenters. The number of carbonyl (C=O) groups is 1. The van der Waals surface area contributed by atoms with Crippen LogP contribution in [-0.4, -0.2) is 51.4 Å². The standard InChI is InChI=1S/C23H27N5OS/c29-22(20-12-7-14-28(17-20)16-18-8-3-1-4-9-18)24-13-15-30-23-25-21(26-27-23)19-10-5-2-6-11-19/h1-6,8-11,20H,7,12-17H2,(H,24,29)(H,25,26,27)/t20-/m1/s1. The number of likely N-dealkylation sites (tertiary alicyclic amines) is 1. The van der Waals surface area contributed by atoms with Gasteiger partial charge in [-0.1, -0.05) is 72.4 Å². The number of hydrogen-bond acceptors (Lipinski definition) is 5. The molecule has 0 saturated carbocycles. The maximum Gasteiger partial charge on any atom is 0.224 e. The first kappa shape index (κ1) is 20.6. The van der Waals surface area contributed by atoms with Crippen LogP contribution < -0.4 is 5.32 Å². The molecule has 1 fully saturated rings. The van der Waals surface area contributed by atoms with Crippen LogP contribution in [0.5, 0.6) is 0 Å². The highest BCUT2D eigenvalue weighted by atomic mass is 32.2. The second kappa shape index (κ2) is 10.4. The van der Waals surface area contributed by atoms with Gasteiger partial charge in [0.25, 0.3) is 0 Å². The number of hydrogen-bond donors (Lipinski definition) is 2. The Hall–Kier alpha value is -2.64. The molecule has 2 N–H and O–H groups in total. The lowest BCUT2D eigenvalue weighted by Gasteiger charge is -2.32. The first-order valence-electron chi connectivity index (χ1n) is 10.4. The van der Waals surface area contributed by atoms with Gasteiger partial charge in [-0.25, -0.2) is 4.98 Å². The van der Waals surface area contributed by atoms with Crippen molar-refractivity contribution in [2.45, 2.75) is 24.5 Å². The Labute approximate surface area is 181 Å². The van der Waals surface area contributed by atoms with Crippen LogP contribution in [0.3, 0.4) is 0 Å². The number of nitrogens with one attached hydrogen (secondary N) is 2. The van der Waals surface area contributed by atoms with E-state index in [4.69, 9.17) is 0 Å². The smallest absolute Gasteiger partial charge is 0.224 e. The van der Waals surface area contributed by atoms with Crippen molar-refractivity contribution in [2.24, 2.45) is 5.92 Å². The van der Waals surface area contributed by atoms with Gasteiger partial charge in [0.2, 0.25) is 11.1 Å². The topological polar surface area (TPSA) is 73.9 Å². The van der Waals surface area contributed by atoms with E-state index >= 15 is 0 Å². The number of aromatic amines is 1. The molecule has 6 nitrogen and oxygen atoms in total. The van der Waals surface area contributed by atoms with Gasteiger partial charge in [0.05, 0.1) is 5.92 Å². The van der Waals surface area contributed by atoms with E-state index in [1.807, 2.05) is 36.4 Å². The summed E-state index contributed by atoms with van der Waals surface area (Å²) in [5, 5.41) is 11.0. The minimum Gasteiger partial charge on any atom is -0.355 e. The fourth-order valence-electron chi connectivity index (χ4n) is 3.75. The summed E-state index contributed by atoms with van der Waals surface area (Å²) < 4.78 is 0. The molecular weight excluding hydrogens is 394 g/mol. The van der Waals surface area contributed by atoms with E-state index in [9.17, 15) is 4.79 Å². The van der Waals surface area contributed by atoms with Crippen molar-refractivity contribution in [3.05, 3.63) is 66.2 Å². The maximum atomic E-state index is 12.6. The SMILES string of the molecule is O=C(NCCSc1n[nH]c(-c2ccccc2)n1)[C@@H]1CCCN(Cc2ccccc2)C1. The zero-order valence-electron chi connectivity index (χ0n) is 17.0. The number of aromatic nitrogens is 3. The summed E-state index contributed by atoms with van der Waals surface area (Å²) in [6.45, 7) is 3.42. The molecule has 2 heterocycles. The lowest BCUT2D eigenvalue weighted by Crippen LogP contribution is -2.43. The van der Waals surface area contributed by atoms with E-state index in [0.29, 0.717) is 11.7 Å². The van der Waals surface area contributed by atoms with Crippen molar-refractivity contribution < 1.29 is 4.79 Å². The minimum atomic E-state index is 0.0701. The maximum absolute atomic E-state index is 12.6. The van der Waals surface area contributed by atoms with E-state index < -0.39 is 0 Å². The Bertz CT molecular complexity index is 931. The fraction of sp³-hybridized carbons (Fsp3) is 0.348. The highest BCUT2D eigenvalue weighted by molar-refractivity contribution is 7.99. The molecule has 0 unspecified atom stereocenters. The van der Waals surface area contributed by atoms with Gasteiger partial charge in [-0.15, -0.1) is 5.10 Å². The molecule has 1 saturated heterocycles. The lowest BCUT2D eigenvalue weighted by atomic mass is 9.96. The molecular formula is C23H27N5OS. The second-order valence-corrected chi connectivity index (χ2v) is 8.59. The van der Waals surface area contributed by atoms with Crippen LogP contribution in [0.25, 0.3) is 11.4 Å². The number of H-pyrrole nitrogens is 1. The van der Waals surface area contributed by atoms with Crippen LogP contribution in [0.15, 0.2) is 65.8 Å². The molecule has 4 rings (SSSR count). The number of nitrogens with zero attached hydrogens (tertiary/aromatic N) is 3. The average molecular weight is 422 g/mol. The number of carbonyl (C=O) groups excluding carboxylic acids is 1. The molecule has 156 valence electrons. The predicted octanol–water partition coefficient (Wildman–Crippen LogP) is 3.59. The first-order valence-corrected chi connectivity index (χ1v) is 11.4. The van der Waals surface area contributed by atoms with Gasteiger partial charge in [0.15, 0.2) is 5.82 Å².